The quantitative estimate of drug-likeness (QED) is 0.450. The molecule has 29 heavy (non-hydrogen) atoms. The average Bonchev–Trinajstić information content (AvgIpc) is 3.05. The molecule has 8 heteroatoms. The Morgan fingerprint density at radius 2 is 1.76 bits per heavy atom. The molecule has 0 spiro atoms. The highest BCUT2D eigenvalue weighted by Gasteiger charge is 2.20. The molecule has 1 aromatic heterocycles. The van der Waals surface area contributed by atoms with E-state index >= 15 is 0 Å². The molecular formula is C21H20BrN3O4. The molecule has 0 saturated heterocycles. The fourth-order valence-electron chi connectivity index (χ4n) is 2.88. The Balaban J connectivity index is 2.10. The number of methoxy groups -OCH3 is 2. The van der Waals surface area contributed by atoms with Gasteiger partial charge in [-0.25, -0.2) is 4.68 Å². The molecular weight excluding hydrogens is 438 g/mol. The first kappa shape index (κ1) is 20.6. The highest BCUT2D eigenvalue weighted by atomic mass is 79.9. The molecule has 3 aromatic rings. The SMILES string of the molecule is COC(=O)Cc1[nH]n(-c2ccc(OC)cc2)c(=O)c1C(C)=Nc1ccc(Br)cc1. The van der Waals surface area contributed by atoms with Crippen LogP contribution >= 0.6 is 15.9 Å². The number of esters is 1. The van der Waals surface area contributed by atoms with Crippen LogP contribution < -0.4 is 10.3 Å². The van der Waals surface area contributed by atoms with Crippen LogP contribution in [0.4, 0.5) is 5.69 Å². The van der Waals surface area contributed by atoms with Crippen LogP contribution in [0.25, 0.3) is 5.69 Å². The topological polar surface area (TPSA) is 85.7 Å². The number of nitrogens with one attached hydrogen (secondary N) is 1. The maximum Gasteiger partial charge on any atom is 0.311 e. The summed E-state index contributed by atoms with van der Waals surface area (Å²) in [6.07, 6.45) is -0.0720. The molecule has 1 heterocycles. The molecule has 0 atom stereocenters. The molecule has 0 aliphatic carbocycles. The van der Waals surface area contributed by atoms with Crippen LogP contribution in [0, 0.1) is 0 Å². The Hall–Kier alpha value is -3.13. The molecule has 0 aliphatic rings. The number of nitrogens with zero attached hydrogens (tertiary/aromatic N) is 2. The zero-order valence-corrected chi connectivity index (χ0v) is 17.8. The lowest BCUT2D eigenvalue weighted by Gasteiger charge is -2.03. The number of rotatable bonds is 6. The maximum absolute atomic E-state index is 13.2. The lowest BCUT2D eigenvalue weighted by molar-refractivity contribution is -0.139. The number of carbonyl (C=O) groups is 1. The van der Waals surface area contributed by atoms with E-state index in [9.17, 15) is 9.59 Å². The van der Waals surface area contributed by atoms with Crippen LogP contribution in [0.15, 0.2) is 62.8 Å². The molecule has 0 saturated carbocycles. The number of carbonyl (C=O) groups excluding carboxylic acids is 1. The molecule has 2 aromatic carbocycles. The van der Waals surface area contributed by atoms with Gasteiger partial charge in [0.15, 0.2) is 0 Å². The Morgan fingerprint density at radius 1 is 1.10 bits per heavy atom. The van der Waals surface area contributed by atoms with E-state index in [4.69, 9.17) is 9.47 Å². The fourth-order valence-corrected chi connectivity index (χ4v) is 3.14. The zero-order chi connectivity index (χ0) is 21.0. The van der Waals surface area contributed by atoms with Gasteiger partial charge in [0.1, 0.15) is 5.75 Å². The molecule has 7 nitrogen and oxygen atoms in total. The Kier molecular flexibility index (Phi) is 6.33. The van der Waals surface area contributed by atoms with Gasteiger partial charge in [-0.3, -0.25) is 19.7 Å². The molecule has 0 amide bonds. The first-order chi connectivity index (χ1) is 13.9. The number of ether oxygens (including phenoxy) is 2. The van der Waals surface area contributed by atoms with Gasteiger partial charge in [0, 0.05) is 4.47 Å². The van der Waals surface area contributed by atoms with Crippen LogP contribution in [-0.4, -0.2) is 35.7 Å². The average molecular weight is 458 g/mol. The van der Waals surface area contributed by atoms with Crippen molar-refractivity contribution in [3.05, 3.63) is 74.6 Å². The van der Waals surface area contributed by atoms with Crippen molar-refractivity contribution in [2.75, 3.05) is 14.2 Å². The van der Waals surface area contributed by atoms with E-state index in [1.807, 2.05) is 24.3 Å². The summed E-state index contributed by atoms with van der Waals surface area (Å²) in [5.41, 5.74) is 2.30. The van der Waals surface area contributed by atoms with Crippen molar-refractivity contribution in [3.8, 4) is 11.4 Å². The van der Waals surface area contributed by atoms with Gasteiger partial charge in [0.2, 0.25) is 0 Å². The van der Waals surface area contributed by atoms with Gasteiger partial charge in [-0.05, 0) is 55.5 Å². The molecule has 0 radical (unpaired) electrons. The lowest BCUT2D eigenvalue weighted by atomic mass is 10.1. The largest absolute Gasteiger partial charge is 0.497 e. The van der Waals surface area contributed by atoms with E-state index in [1.54, 1.807) is 38.3 Å². The van der Waals surface area contributed by atoms with Crippen molar-refractivity contribution in [2.45, 2.75) is 13.3 Å². The third kappa shape index (κ3) is 4.65. The molecule has 0 aliphatic heterocycles. The first-order valence-electron chi connectivity index (χ1n) is 8.79. The fraction of sp³-hybridized carbons (Fsp3) is 0.190. The van der Waals surface area contributed by atoms with Crippen molar-refractivity contribution in [1.82, 2.24) is 9.78 Å². The second-order valence-corrected chi connectivity index (χ2v) is 7.15. The maximum atomic E-state index is 13.2. The Morgan fingerprint density at radius 3 is 2.34 bits per heavy atom. The van der Waals surface area contributed by atoms with E-state index in [2.05, 4.69) is 26.0 Å². The minimum Gasteiger partial charge on any atom is -0.497 e. The summed E-state index contributed by atoms with van der Waals surface area (Å²) in [5, 5.41) is 3.02. The monoisotopic (exact) mass is 457 g/mol. The van der Waals surface area contributed by atoms with Gasteiger partial charge in [0.05, 0.1) is 49.0 Å². The van der Waals surface area contributed by atoms with E-state index in [-0.39, 0.29) is 12.0 Å². The summed E-state index contributed by atoms with van der Waals surface area (Å²) < 4.78 is 12.3. The highest BCUT2D eigenvalue weighted by Crippen LogP contribution is 2.19. The smallest absolute Gasteiger partial charge is 0.311 e. The van der Waals surface area contributed by atoms with E-state index in [1.165, 1.54) is 11.8 Å². The third-order valence-electron chi connectivity index (χ3n) is 4.33. The number of aromatic nitrogens is 2. The van der Waals surface area contributed by atoms with Crippen LogP contribution in [-0.2, 0) is 16.0 Å². The van der Waals surface area contributed by atoms with Gasteiger partial charge in [0.25, 0.3) is 5.56 Å². The van der Waals surface area contributed by atoms with Gasteiger partial charge in [-0.1, -0.05) is 15.9 Å². The predicted molar refractivity (Wildman–Crippen MR) is 115 cm³/mol. The molecule has 0 fully saturated rings. The summed E-state index contributed by atoms with van der Waals surface area (Å²) in [7, 11) is 2.88. The van der Waals surface area contributed by atoms with Crippen LogP contribution in [0.3, 0.4) is 0 Å². The van der Waals surface area contributed by atoms with E-state index in [0.29, 0.717) is 34.1 Å². The standard InChI is InChI=1S/C21H20BrN3O4/c1-13(23-15-6-4-14(22)5-7-15)20-18(12-19(26)29-3)24-25(21(20)27)16-8-10-17(28-2)11-9-16/h4-11,24H,12H2,1-3H3. The predicted octanol–water partition coefficient (Wildman–Crippen LogP) is 3.79. The second-order valence-electron chi connectivity index (χ2n) is 6.23. The highest BCUT2D eigenvalue weighted by molar-refractivity contribution is 9.10. The summed E-state index contributed by atoms with van der Waals surface area (Å²) in [5.74, 6) is 0.224. The molecule has 1 N–H and O–H groups in total. The van der Waals surface area contributed by atoms with Crippen molar-refractivity contribution in [2.24, 2.45) is 4.99 Å². The minimum absolute atomic E-state index is 0.0720. The third-order valence-corrected chi connectivity index (χ3v) is 4.86. The number of aliphatic imine (C=N–C) groups is 1. The lowest BCUT2D eigenvalue weighted by Crippen LogP contribution is -2.20. The first-order valence-corrected chi connectivity index (χ1v) is 9.58. The van der Waals surface area contributed by atoms with Gasteiger partial charge < -0.3 is 9.47 Å². The summed E-state index contributed by atoms with van der Waals surface area (Å²) in [6, 6.07) is 14.4. The van der Waals surface area contributed by atoms with E-state index in [0.717, 1.165) is 4.47 Å². The molecule has 150 valence electrons. The van der Waals surface area contributed by atoms with Gasteiger partial charge in [-0.15, -0.1) is 0 Å². The minimum atomic E-state index is -0.453. The summed E-state index contributed by atoms with van der Waals surface area (Å²) >= 11 is 3.39. The normalized spacial score (nSPS) is 11.4. The van der Waals surface area contributed by atoms with Crippen molar-refractivity contribution >= 4 is 33.3 Å². The number of H-pyrrole nitrogens is 1. The number of benzene rings is 2. The number of halogens is 1. The Labute approximate surface area is 176 Å². The second kappa shape index (κ2) is 8.91. The van der Waals surface area contributed by atoms with Crippen molar-refractivity contribution in [3.63, 3.8) is 0 Å². The number of hydrogen-bond donors (Lipinski definition) is 1. The van der Waals surface area contributed by atoms with E-state index < -0.39 is 5.97 Å². The molecule has 0 bridgehead atoms. The number of aromatic amines is 1. The van der Waals surface area contributed by atoms with Crippen molar-refractivity contribution in [1.29, 1.82) is 0 Å². The number of hydrogen-bond acceptors (Lipinski definition) is 5. The molecule has 0 unspecified atom stereocenters. The van der Waals surface area contributed by atoms with Crippen LogP contribution in [0.2, 0.25) is 0 Å². The summed E-state index contributed by atoms with van der Waals surface area (Å²) in [4.78, 5) is 29.6. The van der Waals surface area contributed by atoms with Gasteiger partial charge in [-0.2, -0.15) is 0 Å². The zero-order valence-electron chi connectivity index (χ0n) is 16.2. The van der Waals surface area contributed by atoms with Crippen LogP contribution in [0.1, 0.15) is 18.2 Å². The van der Waals surface area contributed by atoms with Crippen molar-refractivity contribution < 1.29 is 14.3 Å². The summed E-state index contributed by atoms with van der Waals surface area (Å²) in [6.45, 7) is 1.74. The van der Waals surface area contributed by atoms with Gasteiger partial charge >= 0.3 is 5.97 Å². The Bertz CT molecular complexity index is 1100. The molecule has 3 rings (SSSR count). The van der Waals surface area contributed by atoms with Crippen LogP contribution in [0.5, 0.6) is 5.75 Å².